The van der Waals surface area contributed by atoms with Crippen molar-refractivity contribution in [3.8, 4) is 0 Å². The average molecular weight is 349 g/mol. The van der Waals surface area contributed by atoms with Gasteiger partial charge in [-0.05, 0) is 37.3 Å². The van der Waals surface area contributed by atoms with E-state index >= 15 is 0 Å². The van der Waals surface area contributed by atoms with Gasteiger partial charge in [0.25, 0.3) is 5.91 Å². The molecule has 3 aromatic heterocycles. The van der Waals surface area contributed by atoms with Gasteiger partial charge in [0.1, 0.15) is 5.69 Å². The van der Waals surface area contributed by atoms with Crippen molar-refractivity contribution in [1.82, 2.24) is 29.2 Å². The van der Waals surface area contributed by atoms with E-state index in [2.05, 4.69) is 19.9 Å². The maximum Gasteiger partial charge on any atom is 0.274 e. The lowest BCUT2D eigenvalue weighted by molar-refractivity contribution is 0.0628. The SMILES string of the molecule is Nc1ncc2c(n1)C1(CCCN(C(=O)c3cn4cccnc4n3)C1)CC2. The van der Waals surface area contributed by atoms with Crippen LogP contribution in [-0.2, 0) is 11.8 Å². The van der Waals surface area contributed by atoms with Crippen LogP contribution in [0.4, 0.5) is 5.95 Å². The van der Waals surface area contributed by atoms with E-state index in [1.54, 1.807) is 16.8 Å². The zero-order valence-corrected chi connectivity index (χ0v) is 14.3. The number of fused-ring (bicyclic) bond motifs is 3. The van der Waals surface area contributed by atoms with Gasteiger partial charge in [-0.15, -0.1) is 0 Å². The Balaban J connectivity index is 1.46. The van der Waals surface area contributed by atoms with Crippen molar-refractivity contribution in [2.24, 2.45) is 0 Å². The number of carbonyl (C=O) groups is 1. The van der Waals surface area contributed by atoms with Gasteiger partial charge in [-0.25, -0.2) is 19.9 Å². The maximum atomic E-state index is 13.1. The normalized spacial score (nSPS) is 22.1. The van der Waals surface area contributed by atoms with Crippen LogP contribution in [0.2, 0.25) is 0 Å². The Morgan fingerprint density at radius 2 is 2.15 bits per heavy atom. The monoisotopic (exact) mass is 349 g/mol. The predicted octanol–water partition coefficient (Wildman–Crippen LogP) is 1.22. The molecule has 1 unspecified atom stereocenters. The number of carbonyl (C=O) groups excluding carboxylic acids is 1. The zero-order chi connectivity index (χ0) is 17.7. The van der Waals surface area contributed by atoms with Gasteiger partial charge in [-0.2, -0.15) is 0 Å². The molecule has 1 spiro atoms. The molecule has 0 saturated carbocycles. The van der Waals surface area contributed by atoms with Crippen LogP contribution in [0, 0.1) is 0 Å². The molecule has 3 aromatic rings. The molecule has 1 atom stereocenters. The summed E-state index contributed by atoms with van der Waals surface area (Å²) in [5, 5.41) is 0. The molecule has 2 aliphatic rings. The minimum Gasteiger partial charge on any atom is -0.368 e. The van der Waals surface area contributed by atoms with Crippen LogP contribution in [0.25, 0.3) is 5.78 Å². The Labute approximate surface area is 150 Å². The predicted molar refractivity (Wildman–Crippen MR) is 94.6 cm³/mol. The molecule has 0 aromatic carbocycles. The number of aromatic nitrogens is 5. The fourth-order valence-corrected chi connectivity index (χ4v) is 4.35. The van der Waals surface area contributed by atoms with E-state index in [9.17, 15) is 4.79 Å². The number of nitrogens with zero attached hydrogens (tertiary/aromatic N) is 6. The van der Waals surface area contributed by atoms with E-state index in [0.717, 1.165) is 43.5 Å². The Hall–Kier alpha value is -3.03. The maximum absolute atomic E-state index is 13.1. The molecule has 5 rings (SSSR count). The third-order valence-electron chi connectivity index (χ3n) is 5.58. The first-order chi connectivity index (χ1) is 12.6. The third kappa shape index (κ3) is 2.25. The van der Waals surface area contributed by atoms with Crippen molar-refractivity contribution in [3.05, 3.63) is 47.8 Å². The number of rotatable bonds is 1. The number of aryl methyl sites for hydroxylation is 1. The number of nitrogens with two attached hydrogens (primary N) is 1. The highest BCUT2D eigenvalue weighted by Gasteiger charge is 2.45. The molecule has 1 aliphatic heterocycles. The van der Waals surface area contributed by atoms with E-state index in [4.69, 9.17) is 5.73 Å². The molecule has 26 heavy (non-hydrogen) atoms. The number of nitrogen functional groups attached to an aromatic ring is 1. The number of piperidine rings is 1. The van der Waals surface area contributed by atoms with Crippen molar-refractivity contribution >= 4 is 17.6 Å². The molecule has 2 N–H and O–H groups in total. The summed E-state index contributed by atoms with van der Waals surface area (Å²) in [7, 11) is 0. The Bertz CT molecular complexity index is 977. The summed E-state index contributed by atoms with van der Waals surface area (Å²) in [6.45, 7) is 1.38. The highest BCUT2D eigenvalue weighted by atomic mass is 16.2. The summed E-state index contributed by atoms with van der Waals surface area (Å²) >= 11 is 0. The van der Waals surface area contributed by atoms with E-state index in [0.29, 0.717) is 24.0 Å². The minimum absolute atomic E-state index is 0.0509. The molecular formula is C18H19N7O. The van der Waals surface area contributed by atoms with Gasteiger partial charge < -0.3 is 10.6 Å². The average Bonchev–Trinajstić information content (AvgIpc) is 3.24. The molecule has 8 heteroatoms. The molecule has 132 valence electrons. The molecule has 8 nitrogen and oxygen atoms in total. The number of imidazole rings is 1. The molecule has 1 aliphatic carbocycles. The smallest absolute Gasteiger partial charge is 0.274 e. The van der Waals surface area contributed by atoms with E-state index in [-0.39, 0.29) is 11.3 Å². The van der Waals surface area contributed by atoms with Crippen LogP contribution in [0.1, 0.15) is 41.0 Å². The summed E-state index contributed by atoms with van der Waals surface area (Å²) in [6, 6.07) is 1.82. The van der Waals surface area contributed by atoms with Crippen molar-refractivity contribution in [1.29, 1.82) is 0 Å². The van der Waals surface area contributed by atoms with Gasteiger partial charge in [0, 0.05) is 43.3 Å². The quantitative estimate of drug-likeness (QED) is 0.709. The third-order valence-corrected chi connectivity index (χ3v) is 5.58. The molecule has 4 heterocycles. The molecular weight excluding hydrogens is 330 g/mol. The number of likely N-dealkylation sites (tertiary alicyclic amines) is 1. The minimum atomic E-state index is -0.113. The summed E-state index contributed by atoms with van der Waals surface area (Å²) < 4.78 is 1.77. The highest BCUT2D eigenvalue weighted by Crippen LogP contribution is 2.44. The number of hydrogen-bond acceptors (Lipinski definition) is 6. The standard InChI is InChI=1S/C18H19N7O/c19-16-21-9-12-3-5-18(14(12)23-16)4-1-7-25(11-18)15(26)13-10-24-8-2-6-20-17(24)22-13/h2,6,8-10H,1,3-5,7,11H2,(H2,19,21,23). The van der Waals surface area contributed by atoms with Crippen LogP contribution >= 0.6 is 0 Å². The summed E-state index contributed by atoms with van der Waals surface area (Å²) in [4.78, 5) is 32.2. The lowest BCUT2D eigenvalue weighted by atomic mass is 9.77. The van der Waals surface area contributed by atoms with Gasteiger partial charge in [0.15, 0.2) is 0 Å². The molecule has 0 radical (unpaired) electrons. The van der Waals surface area contributed by atoms with Crippen LogP contribution in [0.5, 0.6) is 0 Å². The Morgan fingerprint density at radius 3 is 3.04 bits per heavy atom. The van der Waals surface area contributed by atoms with Gasteiger partial charge in [-0.1, -0.05) is 0 Å². The lowest BCUT2D eigenvalue weighted by Gasteiger charge is -2.40. The largest absolute Gasteiger partial charge is 0.368 e. The van der Waals surface area contributed by atoms with Crippen molar-refractivity contribution in [2.45, 2.75) is 31.1 Å². The highest BCUT2D eigenvalue weighted by molar-refractivity contribution is 5.93. The number of amides is 1. The molecule has 0 bridgehead atoms. The van der Waals surface area contributed by atoms with E-state index in [1.807, 2.05) is 23.4 Å². The molecule has 1 fully saturated rings. The molecule has 1 saturated heterocycles. The van der Waals surface area contributed by atoms with Gasteiger partial charge >= 0.3 is 0 Å². The van der Waals surface area contributed by atoms with E-state index in [1.165, 1.54) is 0 Å². The van der Waals surface area contributed by atoms with Gasteiger partial charge in [-0.3, -0.25) is 9.20 Å². The van der Waals surface area contributed by atoms with Crippen LogP contribution in [0.3, 0.4) is 0 Å². The Kier molecular flexibility index (Phi) is 3.22. The second kappa shape index (κ2) is 5.48. The first kappa shape index (κ1) is 15.2. The van der Waals surface area contributed by atoms with Crippen LogP contribution < -0.4 is 5.73 Å². The second-order valence-electron chi connectivity index (χ2n) is 7.17. The van der Waals surface area contributed by atoms with Gasteiger partial charge in [0.2, 0.25) is 11.7 Å². The second-order valence-corrected chi connectivity index (χ2v) is 7.17. The lowest BCUT2D eigenvalue weighted by Crippen LogP contribution is -2.48. The van der Waals surface area contributed by atoms with Crippen molar-refractivity contribution in [3.63, 3.8) is 0 Å². The fraction of sp³-hybridized carbons (Fsp3) is 0.389. The fourth-order valence-electron chi connectivity index (χ4n) is 4.35. The van der Waals surface area contributed by atoms with Gasteiger partial charge in [0.05, 0.1) is 5.69 Å². The summed E-state index contributed by atoms with van der Waals surface area (Å²) in [6.07, 6.45) is 11.0. The summed E-state index contributed by atoms with van der Waals surface area (Å²) in [5.74, 6) is 0.791. The van der Waals surface area contributed by atoms with Crippen LogP contribution in [-0.4, -0.2) is 48.2 Å². The van der Waals surface area contributed by atoms with Crippen LogP contribution in [0.15, 0.2) is 30.9 Å². The number of hydrogen-bond donors (Lipinski definition) is 1. The Morgan fingerprint density at radius 1 is 1.23 bits per heavy atom. The van der Waals surface area contributed by atoms with E-state index < -0.39 is 0 Å². The first-order valence-electron chi connectivity index (χ1n) is 8.86. The molecule has 1 amide bonds. The van der Waals surface area contributed by atoms with Crippen molar-refractivity contribution < 1.29 is 4.79 Å². The topological polar surface area (TPSA) is 102 Å². The number of anilines is 1. The summed E-state index contributed by atoms with van der Waals surface area (Å²) in [5.41, 5.74) is 8.33. The zero-order valence-electron chi connectivity index (χ0n) is 14.3. The first-order valence-corrected chi connectivity index (χ1v) is 8.86. The van der Waals surface area contributed by atoms with Crippen molar-refractivity contribution in [2.75, 3.05) is 18.8 Å².